The number of rotatable bonds is 4. The third kappa shape index (κ3) is 4.50. The molecule has 146 valence electrons. The van der Waals surface area contributed by atoms with E-state index in [0.717, 1.165) is 18.1 Å². The van der Waals surface area contributed by atoms with Crippen LogP contribution in [0.2, 0.25) is 0 Å². The first-order chi connectivity index (χ1) is 12.8. The zero-order valence-electron chi connectivity index (χ0n) is 16.1. The van der Waals surface area contributed by atoms with Gasteiger partial charge in [0, 0.05) is 39.1 Å². The molecular formula is C19H27N5O2S. The normalized spacial score (nSPS) is 19.1. The molecule has 0 unspecified atom stereocenters. The van der Waals surface area contributed by atoms with E-state index in [2.05, 4.69) is 39.7 Å². The number of guanidine groups is 1. The minimum Gasteiger partial charge on any atom is -0.352 e. The van der Waals surface area contributed by atoms with E-state index in [1.807, 2.05) is 21.8 Å². The third-order valence-electron chi connectivity index (χ3n) is 4.93. The van der Waals surface area contributed by atoms with Gasteiger partial charge in [-0.2, -0.15) is 5.10 Å². The van der Waals surface area contributed by atoms with E-state index >= 15 is 0 Å². The van der Waals surface area contributed by atoms with Gasteiger partial charge in [0.05, 0.1) is 17.0 Å². The molecule has 0 radical (unpaired) electrons. The quantitative estimate of drug-likeness (QED) is 0.633. The van der Waals surface area contributed by atoms with Crippen LogP contribution in [0.4, 0.5) is 0 Å². The molecule has 0 amide bonds. The second-order valence-corrected chi connectivity index (χ2v) is 10.2. The molecule has 1 aliphatic rings. The summed E-state index contributed by atoms with van der Waals surface area (Å²) in [5, 5.41) is 7.57. The smallest absolute Gasteiger partial charge is 0.193 e. The molecule has 1 aliphatic heterocycles. The predicted molar refractivity (Wildman–Crippen MR) is 107 cm³/mol. The predicted octanol–water partition coefficient (Wildman–Crippen LogP) is 1.52. The lowest BCUT2D eigenvalue weighted by molar-refractivity contribution is 0.353. The molecular weight excluding hydrogens is 362 g/mol. The lowest BCUT2D eigenvalue weighted by Crippen LogP contribution is -2.57. The van der Waals surface area contributed by atoms with Crippen LogP contribution in [0.5, 0.6) is 0 Å². The number of sulfone groups is 1. The van der Waals surface area contributed by atoms with Gasteiger partial charge in [-0.05, 0) is 31.0 Å². The van der Waals surface area contributed by atoms with E-state index in [9.17, 15) is 8.42 Å². The summed E-state index contributed by atoms with van der Waals surface area (Å²) in [4.78, 5) is 6.35. The van der Waals surface area contributed by atoms with Gasteiger partial charge >= 0.3 is 0 Å². The van der Waals surface area contributed by atoms with Crippen molar-refractivity contribution in [1.82, 2.24) is 20.0 Å². The first-order valence-corrected chi connectivity index (χ1v) is 10.7. The van der Waals surface area contributed by atoms with Gasteiger partial charge in [-0.15, -0.1) is 0 Å². The molecule has 7 nitrogen and oxygen atoms in total. The Labute approximate surface area is 161 Å². The molecule has 1 saturated heterocycles. The molecule has 3 rings (SSSR count). The topological polar surface area (TPSA) is 79.6 Å². The number of hydrogen-bond acceptors (Lipinski definition) is 4. The summed E-state index contributed by atoms with van der Waals surface area (Å²) < 4.78 is 25.5. The fraction of sp³-hybridized carbons (Fsp3) is 0.474. The Bertz CT molecular complexity index is 887. The zero-order valence-corrected chi connectivity index (χ0v) is 16.9. The van der Waals surface area contributed by atoms with Gasteiger partial charge in [0.1, 0.15) is 0 Å². The largest absolute Gasteiger partial charge is 0.352 e. The molecule has 1 fully saturated rings. The van der Waals surface area contributed by atoms with Gasteiger partial charge in [-0.1, -0.05) is 24.3 Å². The molecule has 0 atom stereocenters. The van der Waals surface area contributed by atoms with Crippen LogP contribution in [-0.2, 0) is 22.9 Å². The van der Waals surface area contributed by atoms with Crippen LogP contribution in [0.25, 0.3) is 0 Å². The molecule has 0 bridgehead atoms. The minimum absolute atomic E-state index is 0.156. The lowest BCUT2D eigenvalue weighted by Gasteiger charge is -2.39. The molecule has 1 aromatic carbocycles. The van der Waals surface area contributed by atoms with Crippen molar-refractivity contribution in [3.8, 4) is 0 Å². The molecule has 27 heavy (non-hydrogen) atoms. The van der Waals surface area contributed by atoms with E-state index in [-0.39, 0.29) is 5.75 Å². The Hall–Kier alpha value is -2.35. The molecule has 8 heteroatoms. The van der Waals surface area contributed by atoms with Crippen molar-refractivity contribution in [3.63, 3.8) is 0 Å². The van der Waals surface area contributed by atoms with Gasteiger partial charge in [0.15, 0.2) is 15.8 Å². The van der Waals surface area contributed by atoms with E-state index in [0.29, 0.717) is 19.6 Å². The standard InChI is InChI=1S/C19H27N5O2S/c1-19(2)15-23(11-12-27(19,25)26)18(20-3)21-13-16-5-7-17(8-6-16)14-24-10-4-9-22-24/h4-10H,11-15H2,1-3H3,(H,20,21). The third-order valence-corrected chi connectivity index (χ3v) is 7.47. The number of benzene rings is 1. The van der Waals surface area contributed by atoms with Gasteiger partial charge in [-0.25, -0.2) is 8.42 Å². The van der Waals surface area contributed by atoms with Crippen molar-refractivity contribution in [2.75, 3.05) is 25.9 Å². The Morgan fingerprint density at radius 1 is 1.26 bits per heavy atom. The highest BCUT2D eigenvalue weighted by molar-refractivity contribution is 7.92. The first kappa shape index (κ1) is 19.4. The van der Waals surface area contributed by atoms with Crippen molar-refractivity contribution < 1.29 is 8.42 Å². The summed E-state index contributed by atoms with van der Waals surface area (Å²) in [5.41, 5.74) is 2.33. The number of aromatic nitrogens is 2. The number of hydrogen-bond donors (Lipinski definition) is 1. The maximum Gasteiger partial charge on any atom is 0.193 e. The van der Waals surface area contributed by atoms with Crippen LogP contribution in [0.3, 0.4) is 0 Å². The second kappa shape index (κ2) is 7.72. The Morgan fingerprint density at radius 3 is 2.56 bits per heavy atom. The lowest BCUT2D eigenvalue weighted by atomic mass is 10.1. The van der Waals surface area contributed by atoms with Crippen LogP contribution in [0.15, 0.2) is 47.7 Å². The summed E-state index contributed by atoms with van der Waals surface area (Å²) in [6.07, 6.45) is 3.72. The molecule has 1 N–H and O–H groups in total. The Balaban J connectivity index is 1.58. The number of nitrogens with zero attached hydrogens (tertiary/aromatic N) is 4. The number of nitrogens with one attached hydrogen (secondary N) is 1. The maximum atomic E-state index is 12.2. The minimum atomic E-state index is -3.06. The highest BCUT2D eigenvalue weighted by Gasteiger charge is 2.40. The highest BCUT2D eigenvalue weighted by Crippen LogP contribution is 2.23. The average molecular weight is 390 g/mol. The van der Waals surface area contributed by atoms with Crippen LogP contribution in [0.1, 0.15) is 25.0 Å². The van der Waals surface area contributed by atoms with Crippen molar-refractivity contribution in [3.05, 3.63) is 53.9 Å². The van der Waals surface area contributed by atoms with Crippen LogP contribution < -0.4 is 5.32 Å². The summed E-state index contributed by atoms with van der Waals surface area (Å²) >= 11 is 0. The average Bonchev–Trinajstić information content (AvgIpc) is 3.13. The molecule has 0 spiro atoms. The molecule has 0 saturated carbocycles. The van der Waals surface area contributed by atoms with E-state index in [1.54, 1.807) is 27.1 Å². The maximum absolute atomic E-state index is 12.2. The Morgan fingerprint density at radius 2 is 1.96 bits per heavy atom. The highest BCUT2D eigenvalue weighted by atomic mass is 32.2. The van der Waals surface area contributed by atoms with Crippen LogP contribution >= 0.6 is 0 Å². The molecule has 2 heterocycles. The monoisotopic (exact) mass is 389 g/mol. The molecule has 2 aromatic rings. The summed E-state index contributed by atoms with van der Waals surface area (Å²) in [5.74, 6) is 0.890. The van der Waals surface area contributed by atoms with Crippen LogP contribution in [-0.4, -0.2) is 59.7 Å². The van der Waals surface area contributed by atoms with Gasteiger partial charge in [0.2, 0.25) is 0 Å². The van der Waals surface area contributed by atoms with Gasteiger partial charge in [0.25, 0.3) is 0 Å². The van der Waals surface area contributed by atoms with E-state index in [4.69, 9.17) is 0 Å². The SMILES string of the molecule is CN=C(NCc1ccc(Cn2cccn2)cc1)N1CCS(=O)(=O)C(C)(C)C1. The van der Waals surface area contributed by atoms with Gasteiger partial charge < -0.3 is 10.2 Å². The van der Waals surface area contributed by atoms with Crippen molar-refractivity contribution in [1.29, 1.82) is 0 Å². The van der Waals surface area contributed by atoms with Crippen molar-refractivity contribution in [2.45, 2.75) is 31.7 Å². The Kier molecular flexibility index (Phi) is 5.55. The first-order valence-electron chi connectivity index (χ1n) is 9.04. The summed E-state index contributed by atoms with van der Waals surface area (Å²) in [6.45, 7) is 5.85. The zero-order chi connectivity index (χ0) is 19.5. The van der Waals surface area contributed by atoms with Crippen molar-refractivity contribution in [2.24, 2.45) is 4.99 Å². The fourth-order valence-corrected chi connectivity index (χ4v) is 4.55. The van der Waals surface area contributed by atoms with Crippen LogP contribution in [0, 0.1) is 0 Å². The molecule has 0 aliphatic carbocycles. The van der Waals surface area contributed by atoms with Crippen molar-refractivity contribution >= 4 is 15.8 Å². The molecule has 1 aromatic heterocycles. The van der Waals surface area contributed by atoms with E-state index < -0.39 is 14.6 Å². The summed E-state index contributed by atoms with van der Waals surface area (Å²) in [6, 6.07) is 10.3. The second-order valence-electron chi connectivity index (χ2n) is 7.42. The van der Waals surface area contributed by atoms with E-state index in [1.165, 1.54) is 5.56 Å². The summed E-state index contributed by atoms with van der Waals surface area (Å²) in [7, 11) is -1.33. The number of aliphatic imine (C=N–C) groups is 1. The fourth-order valence-electron chi connectivity index (χ4n) is 3.18. The van der Waals surface area contributed by atoms with Gasteiger partial charge in [-0.3, -0.25) is 9.67 Å².